The van der Waals surface area contributed by atoms with Gasteiger partial charge >= 0.3 is 0 Å². The number of nitrogens with zero attached hydrogens (tertiary/aromatic N) is 4. The molecule has 0 atom stereocenters. The highest BCUT2D eigenvalue weighted by atomic mass is 16.2. The Kier molecular flexibility index (Phi) is 6.76. The van der Waals surface area contributed by atoms with Gasteiger partial charge in [-0.1, -0.05) is 42.5 Å². The van der Waals surface area contributed by atoms with Gasteiger partial charge in [0.05, 0.1) is 11.4 Å². The number of carbonyl (C=O) groups excluding carboxylic acids is 1. The number of para-hydroxylation sites is 1. The van der Waals surface area contributed by atoms with Gasteiger partial charge in [-0.2, -0.15) is 5.26 Å². The van der Waals surface area contributed by atoms with Crippen LogP contribution in [0.3, 0.4) is 0 Å². The summed E-state index contributed by atoms with van der Waals surface area (Å²) in [5.74, 6) is -0.633. The van der Waals surface area contributed by atoms with Crippen molar-refractivity contribution in [2.45, 2.75) is 6.92 Å². The molecule has 7 heteroatoms. The summed E-state index contributed by atoms with van der Waals surface area (Å²) >= 11 is 0. The topological polar surface area (TPSA) is 83.1 Å². The molecule has 32 heavy (non-hydrogen) atoms. The van der Waals surface area contributed by atoms with Crippen molar-refractivity contribution in [3.05, 3.63) is 93.9 Å². The Balaban J connectivity index is 1.81. The van der Waals surface area contributed by atoms with Crippen LogP contribution in [0, 0.1) is 18.3 Å². The monoisotopic (exact) mass is 427 g/mol. The van der Waals surface area contributed by atoms with E-state index in [0.717, 1.165) is 11.3 Å². The van der Waals surface area contributed by atoms with E-state index in [1.54, 1.807) is 30.8 Å². The second kappa shape index (κ2) is 9.67. The molecule has 0 saturated heterocycles. The van der Waals surface area contributed by atoms with Gasteiger partial charge in [-0.25, -0.2) is 4.68 Å². The van der Waals surface area contributed by atoms with Gasteiger partial charge in [-0.05, 0) is 42.8 Å². The van der Waals surface area contributed by atoms with Crippen LogP contribution in [0.15, 0.2) is 77.1 Å². The van der Waals surface area contributed by atoms with E-state index in [2.05, 4.69) is 5.32 Å². The molecule has 162 valence electrons. The number of allylic oxidation sites excluding steroid dienone is 2. The number of nitriles is 1. The van der Waals surface area contributed by atoms with E-state index >= 15 is 0 Å². The molecule has 0 aliphatic heterocycles. The summed E-state index contributed by atoms with van der Waals surface area (Å²) in [6.07, 6.45) is 4.88. The maximum Gasteiger partial charge on any atom is 0.295 e. The van der Waals surface area contributed by atoms with Gasteiger partial charge in [-0.15, -0.1) is 0 Å². The van der Waals surface area contributed by atoms with Crippen molar-refractivity contribution in [1.82, 2.24) is 9.36 Å². The lowest BCUT2D eigenvalue weighted by atomic mass is 10.1. The van der Waals surface area contributed by atoms with E-state index in [0.29, 0.717) is 11.4 Å². The van der Waals surface area contributed by atoms with Crippen molar-refractivity contribution in [2.75, 3.05) is 24.3 Å². The Morgan fingerprint density at radius 3 is 2.34 bits per heavy atom. The van der Waals surface area contributed by atoms with Gasteiger partial charge in [0.2, 0.25) is 0 Å². The molecular formula is C25H25N5O2. The van der Waals surface area contributed by atoms with E-state index in [1.165, 1.54) is 10.8 Å². The van der Waals surface area contributed by atoms with E-state index in [9.17, 15) is 14.9 Å². The number of hydrogen-bond acceptors (Lipinski definition) is 4. The molecule has 1 aromatic heterocycles. The largest absolute Gasteiger partial charge is 0.378 e. The van der Waals surface area contributed by atoms with Crippen molar-refractivity contribution < 1.29 is 4.79 Å². The van der Waals surface area contributed by atoms with Gasteiger partial charge in [0.1, 0.15) is 17.3 Å². The van der Waals surface area contributed by atoms with Crippen LogP contribution in [-0.4, -0.2) is 29.4 Å². The SMILES string of the molecule is Cc1c(NC(=O)/C(C#N)=C/C=C/c2ccc(N(C)C)cc2)c(=O)n(-c2ccccc2)n1C. The maximum atomic E-state index is 12.9. The summed E-state index contributed by atoms with van der Waals surface area (Å²) in [5, 5.41) is 12.0. The van der Waals surface area contributed by atoms with Gasteiger partial charge in [0.25, 0.3) is 11.5 Å². The normalized spacial score (nSPS) is 11.4. The fourth-order valence-corrected chi connectivity index (χ4v) is 3.20. The van der Waals surface area contributed by atoms with Crippen molar-refractivity contribution in [3.8, 4) is 11.8 Å². The van der Waals surface area contributed by atoms with Crippen molar-refractivity contribution in [2.24, 2.45) is 7.05 Å². The average molecular weight is 428 g/mol. The van der Waals surface area contributed by atoms with Crippen LogP contribution in [0.1, 0.15) is 11.3 Å². The maximum absolute atomic E-state index is 12.9. The number of benzene rings is 2. The van der Waals surface area contributed by atoms with Crippen LogP contribution in [0.5, 0.6) is 0 Å². The van der Waals surface area contributed by atoms with Crippen LogP contribution in [0.4, 0.5) is 11.4 Å². The standard InChI is InChI=1S/C25H25N5O2/c1-18-23(25(32)30(29(18)4)22-11-6-5-7-12-22)27-24(31)20(17-26)10-8-9-19-13-15-21(16-14-19)28(2)3/h5-16H,1-4H3,(H,27,31)/b9-8+,20-10+. The zero-order valence-electron chi connectivity index (χ0n) is 18.5. The second-order valence-electron chi connectivity index (χ2n) is 7.43. The highest BCUT2D eigenvalue weighted by molar-refractivity contribution is 6.07. The minimum Gasteiger partial charge on any atom is -0.378 e. The number of aromatic nitrogens is 2. The highest BCUT2D eigenvalue weighted by Gasteiger charge is 2.19. The van der Waals surface area contributed by atoms with Crippen LogP contribution < -0.4 is 15.8 Å². The van der Waals surface area contributed by atoms with Crippen molar-refractivity contribution >= 4 is 23.4 Å². The second-order valence-corrected chi connectivity index (χ2v) is 7.43. The minimum atomic E-state index is -0.633. The molecule has 0 saturated carbocycles. The molecule has 1 N–H and O–H groups in total. The molecule has 0 aliphatic rings. The molecule has 0 aliphatic carbocycles. The first-order chi connectivity index (χ1) is 15.3. The number of anilines is 2. The molecule has 3 rings (SSSR count). The number of nitrogens with one attached hydrogen (secondary N) is 1. The first-order valence-corrected chi connectivity index (χ1v) is 10.0. The molecule has 1 amide bonds. The van der Waals surface area contributed by atoms with Gasteiger partial charge in [0.15, 0.2) is 0 Å². The summed E-state index contributed by atoms with van der Waals surface area (Å²) in [4.78, 5) is 27.6. The average Bonchev–Trinajstić information content (AvgIpc) is 3.00. The van der Waals surface area contributed by atoms with Crippen molar-refractivity contribution in [3.63, 3.8) is 0 Å². The Hall–Kier alpha value is -4.31. The summed E-state index contributed by atoms with van der Waals surface area (Å²) in [7, 11) is 5.67. The predicted molar refractivity (Wildman–Crippen MR) is 128 cm³/mol. The molecule has 0 radical (unpaired) electrons. The molecule has 7 nitrogen and oxygen atoms in total. The third-order valence-electron chi connectivity index (χ3n) is 5.12. The summed E-state index contributed by atoms with van der Waals surface area (Å²) in [6.45, 7) is 1.74. The Labute approximate surface area is 187 Å². The molecule has 0 unspecified atom stereocenters. The fourth-order valence-electron chi connectivity index (χ4n) is 3.20. The lowest BCUT2D eigenvalue weighted by Crippen LogP contribution is -2.23. The first-order valence-electron chi connectivity index (χ1n) is 10.0. The molecule has 0 fully saturated rings. The number of amides is 1. The van der Waals surface area contributed by atoms with Crippen LogP contribution in [0.25, 0.3) is 11.8 Å². The number of hydrogen-bond donors (Lipinski definition) is 1. The zero-order chi connectivity index (χ0) is 23.3. The number of rotatable bonds is 6. The van der Waals surface area contributed by atoms with E-state index < -0.39 is 5.91 Å². The Morgan fingerprint density at radius 2 is 1.75 bits per heavy atom. The van der Waals surface area contributed by atoms with Crippen LogP contribution in [-0.2, 0) is 11.8 Å². The lowest BCUT2D eigenvalue weighted by molar-refractivity contribution is -0.112. The molecule has 3 aromatic rings. The molecule has 0 bridgehead atoms. The van der Waals surface area contributed by atoms with Crippen LogP contribution >= 0.6 is 0 Å². The molecule has 2 aromatic carbocycles. The van der Waals surface area contributed by atoms with Gasteiger partial charge in [0, 0.05) is 26.8 Å². The summed E-state index contributed by atoms with van der Waals surface area (Å²) in [6, 6.07) is 18.9. The summed E-state index contributed by atoms with van der Waals surface area (Å²) in [5.41, 5.74) is 2.97. The third kappa shape index (κ3) is 4.71. The van der Waals surface area contributed by atoms with E-state index in [1.807, 2.05) is 79.7 Å². The molecule has 0 spiro atoms. The molecule has 1 heterocycles. The van der Waals surface area contributed by atoms with Gasteiger partial charge in [-0.3, -0.25) is 14.3 Å². The lowest BCUT2D eigenvalue weighted by Gasteiger charge is -2.11. The summed E-state index contributed by atoms with van der Waals surface area (Å²) < 4.78 is 3.14. The van der Waals surface area contributed by atoms with Crippen LogP contribution in [0.2, 0.25) is 0 Å². The molecular weight excluding hydrogens is 402 g/mol. The Bertz CT molecular complexity index is 1270. The zero-order valence-corrected chi connectivity index (χ0v) is 18.5. The first kappa shape index (κ1) is 22.4. The highest BCUT2D eigenvalue weighted by Crippen LogP contribution is 2.16. The quantitative estimate of drug-likeness (QED) is 0.370. The Morgan fingerprint density at radius 1 is 1.09 bits per heavy atom. The third-order valence-corrected chi connectivity index (χ3v) is 5.12. The fraction of sp³-hybridized carbons (Fsp3) is 0.160. The van der Waals surface area contributed by atoms with Crippen molar-refractivity contribution in [1.29, 1.82) is 5.26 Å². The van der Waals surface area contributed by atoms with E-state index in [-0.39, 0.29) is 16.8 Å². The van der Waals surface area contributed by atoms with E-state index in [4.69, 9.17) is 0 Å². The predicted octanol–water partition coefficient (Wildman–Crippen LogP) is 3.65. The smallest absolute Gasteiger partial charge is 0.295 e. The minimum absolute atomic E-state index is 0.0972. The number of carbonyl (C=O) groups is 1. The van der Waals surface area contributed by atoms with Gasteiger partial charge < -0.3 is 10.2 Å².